The Bertz CT molecular complexity index is 450. The number of hydrogen-bond acceptors (Lipinski definition) is 4. The molecule has 0 aliphatic heterocycles. The fourth-order valence-electron chi connectivity index (χ4n) is 1.37. The van der Waals surface area contributed by atoms with Crippen molar-refractivity contribution in [1.29, 1.82) is 0 Å². The van der Waals surface area contributed by atoms with Crippen molar-refractivity contribution in [3.63, 3.8) is 0 Å². The largest absolute Gasteiger partial charge is 0.509 e. The maximum Gasteiger partial charge on any atom is 0.187 e. The zero-order valence-electron chi connectivity index (χ0n) is 10.2. The van der Waals surface area contributed by atoms with Gasteiger partial charge >= 0.3 is 0 Å². The van der Waals surface area contributed by atoms with E-state index < -0.39 is 23.8 Å². The first-order chi connectivity index (χ1) is 8.43. The van der Waals surface area contributed by atoms with Gasteiger partial charge in [0, 0.05) is 5.56 Å². The van der Waals surface area contributed by atoms with Gasteiger partial charge in [-0.1, -0.05) is 43.5 Å². The van der Waals surface area contributed by atoms with Crippen molar-refractivity contribution >= 4 is 11.5 Å². The first kappa shape index (κ1) is 14.0. The Balaban J connectivity index is 2.83. The van der Waals surface area contributed by atoms with Crippen molar-refractivity contribution in [2.24, 2.45) is 0 Å². The number of ether oxygens (including phenoxy) is 1. The van der Waals surface area contributed by atoms with E-state index >= 15 is 0 Å². The molecule has 0 bridgehead atoms. The van der Waals surface area contributed by atoms with Gasteiger partial charge in [-0.05, 0) is 6.92 Å². The van der Waals surface area contributed by atoms with Crippen LogP contribution in [0, 0.1) is 0 Å². The van der Waals surface area contributed by atoms with Crippen molar-refractivity contribution in [3.8, 4) is 0 Å². The molecule has 18 heavy (non-hydrogen) atoms. The van der Waals surface area contributed by atoms with E-state index in [-0.39, 0.29) is 5.76 Å². The molecule has 0 fully saturated rings. The SMILES string of the molecule is C=C(OC(C(=C)O)C(O)C(C)=O)c1ccccc1. The summed E-state index contributed by atoms with van der Waals surface area (Å²) in [4.78, 5) is 11.1. The molecule has 0 saturated heterocycles. The Morgan fingerprint density at radius 2 is 1.83 bits per heavy atom. The van der Waals surface area contributed by atoms with Crippen LogP contribution in [0.4, 0.5) is 0 Å². The standard InChI is InChI=1S/C14H16O4/c1-9(15)13(17)14(10(2)16)18-11(3)12-7-5-4-6-8-12/h4-8,13-14,16-17H,2-3H2,1H3. The van der Waals surface area contributed by atoms with Crippen LogP contribution in [0.25, 0.3) is 5.76 Å². The van der Waals surface area contributed by atoms with E-state index in [0.717, 1.165) is 0 Å². The van der Waals surface area contributed by atoms with E-state index in [4.69, 9.17) is 4.74 Å². The lowest BCUT2D eigenvalue weighted by Gasteiger charge is -2.22. The molecular weight excluding hydrogens is 232 g/mol. The molecule has 0 heterocycles. The number of aliphatic hydroxyl groups excluding tert-OH is 2. The number of aliphatic hydroxyl groups is 2. The van der Waals surface area contributed by atoms with Gasteiger partial charge in [-0.25, -0.2) is 0 Å². The normalized spacial score (nSPS) is 13.4. The molecule has 96 valence electrons. The smallest absolute Gasteiger partial charge is 0.187 e. The average Bonchev–Trinajstić information content (AvgIpc) is 2.35. The van der Waals surface area contributed by atoms with Gasteiger partial charge in [-0.15, -0.1) is 0 Å². The lowest BCUT2D eigenvalue weighted by Crippen LogP contribution is -2.35. The molecule has 4 heteroatoms. The van der Waals surface area contributed by atoms with E-state index in [0.29, 0.717) is 5.56 Å². The number of benzene rings is 1. The van der Waals surface area contributed by atoms with Gasteiger partial charge in [0.25, 0.3) is 0 Å². The zero-order valence-corrected chi connectivity index (χ0v) is 10.2. The quantitative estimate of drug-likeness (QED) is 0.756. The van der Waals surface area contributed by atoms with Crippen molar-refractivity contribution in [1.82, 2.24) is 0 Å². The molecule has 2 atom stereocenters. The van der Waals surface area contributed by atoms with Gasteiger partial charge in [-0.2, -0.15) is 0 Å². The Hall–Kier alpha value is -2.07. The highest BCUT2D eigenvalue weighted by molar-refractivity contribution is 5.81. The summed E-state index contributed by atoms with van der Waals surface area (Å²) in [5.74, 6) is -0.693. The monoisotopic (exact) mass is 248 g/mol. The molecule has 4 nitrogen and oxygen atoms in total. The van der Waals surface area contributed by atoms with Crippen LogP contribution in [0.15, 0.2) is 49.2 Å². The predicted octanol–water partition coefficient (Wildman–Crippen LogP) is 2.06. The third-order valence-corrected chi connectivity index (χ3v) is 2.40. The van der Waals surface area contributed by atoms with Crippen molar-refractivity contribution in [3.05, 3.63) is 54.8 Å². The Labute approximate surface area is 106 Å². The summed E-state index contributed by atoms with van der Waals surface area (Å²) in [5.41, 5.74) is 0.694. The molecule has 0 radical (unpaired) electrons. The third-order valence-electron chi connectivity index (χ3n) is 2.40. The van der Waals surface area contributed by atoms with Crippen molar-refractivity contribution < 1.29 is 19.7 Å². The third kappa shape index (κ3) is 3.46. The van der Waals surface area contributed by atoms with Crippen LogP contribution < -0.4 is 0 Å². The van der Waals surface area contributed by atoms with E-state index in [2.05, 4.69) is 13.2 Å². The van der Waals surface area contributed by atoms with Crippen molar-refractivity contribution in [2.45, 2.75) is 19.1 Å². The summed E-state index contributed by atoms with van der Waals surface area (Å²) in [6.45, 7) is 8.18. The first-order valence-corrected chi connectivity index (χ1v) is 5.40. The number of rotatable bonds is 6. The minimum Gasteiger partial charge on any atom is -0.509 e. The van der Waals surface area contributed by atoms with Gasteiger partial charge in [0.1, 0.15) is 11.5 Å². The van der Waals surface area contributed by atoms with E-state index in [1.165, 1.54) is 6.92 Å². The van der Waals surface area contributed by atoms with Crippen LogP contribution in [-0.4, -0.2) is 28.2 Å². The summed E-state index contributed by atoms with van der Waals surface area (Å²) in [7, 11) is 0. The van der Waals surface area contributed by atoms with Gasteiger partial charge in [0.15, 0.2) is 18.0 Å². The minimum atomic E-state index is -1.47. The summed E-state index contributed by atoms with van der Waals surface area (Å²) in [6, 6.07) is 8.96. The lowest BCUT2D eigenvalue weighted by molar-refractivity contribution is -0.130. The molecule has 1 aromatic carbocycles. The molecule has 0 spiro atoms. The number of carbonyl (C=O) groups excluding carboxylic acids is 1. The molecule has 0 aliphatic carbocycles. The Kier molecular flexibility index (Phi) is 4.68. The highest BCUT2D eigenvalue weighted by atomic mass is 16.5. The molecule has 0 saturated carbocycles. The number of carbonyl (C=O) groups is 1. The molecule has 1 rings (SSSR count). The summed E-state index contributed by atoms with van der Waals surface area (Å²) >= 11 is 0. The molecule has 1 aromatic rings. The highest BCUT2D eigenvalue weighted by Gasteiger charge is 2.28. The molecule has 2 N–H and O–H groups in total. The second-order valence-electron chi connectivity index (χ2n) is 3.87. The van der Waals surface area contributed by atoms with Gasteiger partial charge in [0.2, 0.25) is 0 Å². The summed E-state index contributed by atoms with van der Waals surface area (Å²) < 4.78 is 5.31. The lowest BCUT2D eigenvalue weighted by atomic mass is 10.1. The minimum absolute atomic E-state index is 0.246. The molecule has 2 unspecified atom stereocenters. The molecule has 0 amide bonds. The number of ketones is 1. The van der Waals surface area contributed by atoms with Crippen molar-refractivity contribution in [2.75, 3.05) is 0 Å². The second kappa shape index (κ2) is 6.02. The van der Waals surface area contributed by atoms with Crippen LogP contribution >= 0.6 is 0 Å². The van der Waals surface area contributed by atoms with Crippen LogP contribution in [-0.2, 0) is 9.53 Å². The predicted molar refractivity (Wildman–Crippen MR) is 68.8 cm³/mol. The number of hydrogen-bond donors (Lipinski definition) is 2. The Morgan fingerprint density at radius 1 is 1.28 bits per heavy atom. The van der Waals surface area contributed by atoms with Crippen LogP contribution in [0.1, 0.15) is 12.5 Å². The van der Waals surface area contributed by atoms with E-state index in [9.17, 15) is 15.0 Å². The van der Waals surface area contributed by atoms with Gasteiger partial charge < -0.3 is 14.9 Å². The maximum atomic E-state index is 11.1. The number of Topliss-reactive ketones (excluding diaryl/α,β-unsaturated/α-hetero) is 1. The van der Waals surface area contributed by atoms with Gasteiger partial charge in [0.05, 0.1) is 0 Å². The fourth-order valence-corrected chi connectivity index (χ4v) is 1.37. The van der Waals surface area contributed by atoms with Crippen LogP contribution in [0.5, 0.6) is 0 Å². The average molecular weight is 248 g/mol. The second-order valence-corrected chi connectivity index (χ2v) is 3.87. The first-order valence-electron chi connectivity index (χ1n) is 5.40. The van der Waals surface area contributed by atoms with Gasteiger partial charge in [-0.3, -0.25) is 4.79 Å². The Morgan fingerprint density at radius 3 is 2.28 bits per heavy atom. The van der Waals surface area contributed by atoms with Crippen LogP contribution in [0.3, 0.4) is 0 Å². The topological polar surface area (TPSA) is 66.8 Å². The zero-order chi connectivity index (χ0) is 13.7. The summed E-state index contributed by atoms with van der Waals surface area (Å²) in [5, 5.41) is 19.0. The summed E-state index contributed by atoms with van der Waals surface area (Å²) in [6.07, 6.45) is -2.68. The van der Waals surface area contributed by atoms with E-state index in [1.54, 1.807) is 24.3 Å². The molecule has 0 aliphatic rings. The highest BCUT2D eigenvalue weighted by Crippen LogP contribution is 2.19. The maximum absolute atomic E-state index is 11.1. The van der Waals surface area contributed by atoms with E-state index in [1.807, 2.05) is 6.07 Å². The van der Waals surface area contributed by atoms with Crippen LogP contribution in [0.2, 0.25) is 0 Å². The molecular formula is C14H16O4. The molecule has 0 aromatic heterocycles. The fraction of sp³-hybridized carbons (Fsp3) is 0.214.